The van der Waals surface area contributed by atoms with Crippen molar-refractivity contribution in [1.82, 2.24) is 24.4 Å². The van der Waals surface area contributed by atoms with Crippen molar-refractivity contribution in [1.29, 1.82) is 0 Å². The number of carbonyl (C=O) groups is 1. The topological polar surface area (TPSA) is 71.6 Å². The van der Waals surface area contributed by atoms with Crippen molar-refractivity contribution in [3.05, 3.63) is 104 Å². The minimum atomic E-state index is -0.225. The molecule has 0 saturated heterocycles. The summed E-state index contributed by atoms with van der Waals surface area (Å²) in [5, 5.41) is 8.00. The predicted molar refractivity (Wildman–Crippen MR) is 137 cm³/mol. The molecule has 0 radical (unpaired) electrons. The highest BCUT2D eigenvalue weighted by Gasteiger charge is 2.27. The first-order valence-corrected chi connectivity index (χ1v) is 12.3. The molecule has 180 valence electrons. The molecule has 3 heterocycles. The third kappa shape index (κ3) is 4.74. The Balaban J connectivity index is 1.39. The van der Waals surface area contributed by atoms with Gasteiger partial charge in [-0.2, -0.15) is 9.61 Å². The first kappa shape index (κ1) is 23.3. The monoisotopic (exact) mass is 489 g/mol. The second-order valence-corrected chi connectivity index (χ2v) is 9.28. The fourth-order valence-electron chi connectivity index (χ4n) is 4.85. The molecule has 4 aromatic rings. The van der Waals surface area contributed by atoms with Gasteiger partial charge in [0, 0.05) is 49.9 Å². The lowest BCUT2D eigenvalue weighted by molar-refractivity contribution is 0.0955. The SMILES string of the molecule is CCn1c2c(c(=O)n3ncc(C(=O)NCCc4ccc(Cl)cc4)c13)CN(Cc1ccccc1)CC2. The van der Waals surface area contributed by atoms with Crippen LogP contribution in [0.1, 0.15) is 39.7 Å². The maximum Gasteiger partial charge on any atom is 0.279 e. The molecule has 1 amide bonds. The van der Waals surface area contributed by atoms with Crippen molar-refractivity contribution in [2.24, 2.45) is 0 Å². The van der Waals surface area contributed by atoms with Gasteiger partial charge in [0.2, 0.25) is 0 Å². The first-order chi connectivity index (χ1) is 17.0. The van der Waals surface area contributed by atoms with Crippen molar-refractivity contribution >= 4 is 23.2 Å². The van der Waals surface area contributed by atoms with Gasteiger partial charge in [-0.3, -0.25) is 14.5 Å². The first-order valence-electron chi connectivity index (χ1n) is 12.0. The summed E-state index contributed by atoms with van der Waals surface area (Å²) in [5.74, 6) is -0.225. The number of amides is 1. The van der Waals surface area contributed by atoms with E-state index >= 15 is 0 Å². The molecule has 0 aliphatic carbocycles. The highest BCUT2D eigenvalue weighted by atomic mass is 35.5. The van der Waals surface area contributed by atoms with E-state index in [1.54, 1.807) is 0 Å². The number of hydrogen-bond donors (Lipinski definition) is 1. The number of aromatic nitrogens is 3. The highest BCUT2D eigenvalue weighted by Crippen LogP contribution is 2.22. The van der Waals surface area contributed by atoms with Crippen molar-refractivity contribution < 1.29 is 4.79 Å². The average molecular weight is 490 g/mol. The van der Waals surface area contributed by atoms with Gasteiger partial charge in [-0.1, -0.05) is 54.1 Å². The number of nitrogens with zero attached hydrogens (tertiary/aromatic N) is 4. The number of rotatable bonds is 7. The Morgan fingerprint density at radius 2 is 1.86 bits per heavy atom. The van der Waals surface area contributed by atoms with Crippen LogP contribution in [0.25, 0.3) is 5.65 Å². The van der Waals surface area contributed by atoms with E-state index in [0.29, 0.717) is 42.3 Å². The summed E-state index contributed by atoms with van der Waals surface area (Å²) in [4.78, 5) is 28.8. The average Bonchev–Trinajstić information content (AvgIpc) is 3.32. The fourth-order valence-corrected chi connectivity index (χ4v) is 4.97. The van der Waals surface area contributed by atoms with Crippen LogP contribution in [0.4, 0.5) is 0 Å². The summed E-state index contributed by atoms with van der Waals surface area (Å²) in [5.41, 5.74) is 4.94. The molecule has 1 aliphatic heterocycles. The van der Waals surface area contributed by atoms with Crippen molar-refractivity contribution in [3.8, 4) is 0 Å². The van der Waals surface area contributed by atoms with Gasteiger partial charge in [-0.15, -0.1) is 0 Å². The molecule has 1 aliphatic rings. The Bertz CT molecular complexity index is 1410. The van der Waals surface area contributed by atoms with Gasteiger partial charge in [-0.25, -0.2) is 0 Å². The van der Waals surface area contributed by atoms with Gasteiger partial charge < -0.3 is 9.88 Å². The lowest BCUT2D eigenvalue weighted by atomic mass is 10.0. The minimum Gasteiger partial charge on any atom is -0.352 e. The predicted octanol–water partition coefficient (Wildman–Crippen LogP) is 3.70. The largest absolute Gasteiger partial charge is 0.352 e. The number of nitrogens with one attached hydrogen (secondary N) is 1. The van der Waals surface area contributed by atoms with Crippen LogP contribution in [0.2, 0.25) is 5.02 Å². The van der Waals surface area contributed by atoms with Crippen LogP contribution in [0.15, 0.2) is 65.6 Å². The second kappa shape index (κ2) is 10.1. The molecule has 0 saturated carbocycles. The Morgan fingerprint density at radius 3 is 2.60 bits per heavy atom. The molecular weight excluding hydrogens is 462 g/mol. The number of benzene rings is 2. The van der Waals surface area contributed by atoms with E-state index in [0.717, 1.165) is 36.3 Å². The number of hydrogen-bond acceptors (Lipinski definition) is 4. The third-order valence-corrected chi connectivity index (χ3v) is 6.85. The summed E-state index contributed by atoms with van der Waals surface area (Å²) < 4.78 is 3.47. The molecule has 0 spiro atoms. The molecule has 2 aromatic carbocycles. The van der Waals surface area contributed by atoms with E-state index in [4.69, 9.17) is 11.6 Å². The zero-order valence-electron chi connectivity index (χ0n) is 19.7. The summed E-state index contributed by atoms with van der Waals surface area (Å²) in [6.45, 7) is 5.39. The molecule has 7 nitrogen and oxygen atoms in total. The van der Waals surface area contributed by atoms with Crippen LogP contribution in [-0.4, -0.2) is 38.1 Å². The van der Waals surface area contributed by atoms with E-state index in [1.165, 1.54) is 16.3 Å². The van der Waals surface area contributed by atoms with Crippen LogP contribution in [0, 0.1) is 0 Å². The van der Waals surface area contributed by atoms with Gasteiger partial charge in [0.1, 0.15) is 5.56 Å². The van der Waals surface area contributed by atoms with Crippen LogP contribution >= 0.6 is 11.6 Å². The van der Waals surface area contributed by atoms with Crippen molar-refractivity contribution in [2.75, 3.05) is 13.1 Å². The molecule has 0 bridgehead atoms. The van der Waals surface area contributed by atoms with Crippen molar-refractivity contribution in [3.63, 3.8) is 0 Å². The van der Waals surface area contributed by atoms with E-state index in [-0.39, 0.29) is 11.5 Å². The minimum absolute atomic E-state index is 0.141. The Morgan fingerprint density at radius 1 is 1.09 bits per heavy atom. The molecule has 1 N–H and O–H groups in total. The summed E-state index contributed by atoms with van der Waals surface area (Å²) >= 11 is 5.95. The van der Waals surface area contributed by atoms with Gasteiger partial charge in [0.05, 0.1) is 11.8 Å². The molecular formula is C27H28ClN5O2. The highest BCUT2D eigenvalue weighted by molar-refractivity contribution is 6.30. The van der Waals surface area contributed by atoms with Gasteiger partial charge in [0.25, 0.3) is 11.5 Å². The molecule has 5 rings (SSSR count). The molecule has 35 heavy (non-hydrogen) atoms. The van der Waals surface area contributed by atoms with E-state index in [1.807, 2.05) is 49.4 Å². The van der Waals surface area contributed by atoms with E-state index < -0.39 is 0 Å². The van der Waals surface area contributed by atoms with Gasteiger partial charge in [-0.05, 0) is 36.6 Å². The fraction of sp³-hybridized carbons (Fsp3) is 0.296. The zero-order valence-corrected chi connectivity index (χ0v) is 20.5. The molecule has 0 fully saturated rings. The summed E-state index contributed by atoms with van der Waals surface area (Å²) in [6, 6.07) is 17.9. The summed E-state index contributed by atoms with van der Waals surface area (Å²) in [7, 11) is 0. The Labute approximate surface area is 208 Å². The van der Waals surface area contributed by atoms with Gasteiger partial charge in [0.15, 0.2) is 5.65 Å². The van der Waals surface area contributed by atoms with Crippen LogP contribution in [0.3, 0.4) is 0 Å². The van der Waals surface area contributed by atoms with Crippen molar-refractivity contribution in [2.45, 2.75) is 39.4 Å². The third-order valence-electron chi connectivity index (χ3n) is 6.59. The number of fused-ring (bicyclic) bond motifs is 2. The Kier molecular flexibility index (Phi) is 6.70. The molecule has 2 aromatic heterocycles. The summed E-state index contributed by atoms with van der Waals surface area (Å²) in [6.07, 6.45) is 2.95. The number of halogens is 1. The Hall–Kier alpha value is -3.42. The molecule has 0 atom stereocenters. The molecule has 8 heteroatoms. The van der Waals surface area contributed by atoms with Gasteiger partial charge >= 0.3 is 0 Å². The normalized spacial score (nSPS) is 13.7. The lowest BCUT2D eigenvalue weighted by Gasteiger charge is -2.30. The van der Waals surface area contributed by atoms with E-state index in [9.17, 15) is 9.59 Å². The maximum atomic E-state index is 13.4. The van der Waals surface area contributed by atoms with E-state index in [2.05, 4.69) is 32.0 Å². The lowest BCUT2D eigenvalue weighted by Crippen LogP contribution is -2.38. The quantitative estimate of drug-likeness (QED) is 0.429. The smallest absolute Gasteiger partial charge is 0.279 e. The van der Waals surface area contributed by atoms with Crippen LogP contribution in [-0.2, 0) is 32.5 Å². The maximum absolute atomic E-state index is 13.4. The van der Waals surface area contributed by atoms with Crippen LogP contribution in [0.5, 0.6) is 0 Å². The second-order valence-electron chi connectivity index (χ2n) is 8.85. The number of aryl methyl sites for hydroxylation is 1. The standard InChI is InChI=1S/C27H28ClN5O2/c1-2-32-24-13-15-31(17-20-6-4-3-5-7-20)18-23(24)27(35)33-26(32)22(16-30-33)25(34)29-14-12-19-8-10-21(28)11-9-19/h3-11,16H,2,12-15,17-18H2,1H3,(H,29,34). The van der Waals surface area contributed by atoms with Crippen LogP contribution < -0.4 is 10.9 Å². The molecule has 0 unspecified atom stereocenters. The zero-order chi connectivity index (χ0) is 24.4. The number of carbonyl (C=O) groups excluding carboxylic acids is 1.